The zero-order valence-electron chi connectivity index (χ0n) is 12.3. The molecular formula is C18H19NO3. The van der Waals surface area contributed by atoms with E-state index >= 15 is 0 Å². The Kier molecular flexibility index (Phi) is 4.83. The number of rotatable bonds is 5. The van der Waals surface area contributed by atoms with Crippen molar-refractivity contribution in [3.8, 4) is 0 Å². The van der Waals surface area contributed by atoms with Crippen molar-refractivity contribution < 1.29 is 14.3 Å². The molecule has 0 bridgehead atoms. The minimum absolute atomic E-state index is 0.00610. The number of carbonyl (C=O) groups is 1. The van der Waals surface area contributed by atoms with Crippen LogP contribution in [0.3, 0.4) is 0 Å². The summed E-state index contributed by atoms with van der Waals surface area (Å²) in [6.45, 7) is 0.934. The van der Waals surface area contributed by atoms with Crippen LogP contribution < -0.4 is 5.32 Å². The largest absolute Gasteiger partial charge is 0.374 e. The van der Waals surface area contributed by atoms with Crippen molar-refractivity contribution in [2.45, 2.75) is 25.4 Å². The first kappa shape index (κ1) is 14.8. The molecule has 1 aliphatic heterocycles. The van der Waals surface area contributed by atoms with E-state index in [4.69, 9.17) is 9.47 Å². The molecule has 0 radical (unpaired) electrons. The van der Waals surface area contributed by atoms with Crippen molar-refractivity contribution in [1.82, 2.24) is 5.32 Å². The summed E-state index contributed by atoms with van der Waals surface area (Å²) >= 11 is 0. The van der Waals surface area contributed by atoms with Gasteiger partial charge in [0, 0.05) is 5.56 Å². The number of nitrogens with one attached hydrogen (secondary N) is 1. The smallest absolute Gasteiger partial charge is 0.224 e. The number of ether oxygens (including phenoxy) is 2. The van der Waals surface area contributed by atoms with Gasteiger partial charge in [-0.1, -0.05) is 60.7 Å². The van der Waals surface area contributed by atoms with Gasteiger partial charge in [0.25, 0.3) is 0 Å². The number of benzene rings is 2. The van der Waals surface area contributed by atoms with Gasteiger partial charge in [0.1, 0.15) is 0 Å². The van der Waals surface area contributed by atoms with Crippen molar-refractivity contribution in [2.75, 3.05) is 6.61 Å². The molecule has 2 aromatic carbocycles. The summed E-state index contributed by atoms with van der Waals surface area (Å²) in [7, 11) is 0. The summed E-state index contributed by atoms with van der Waals surface area (Å²) in [4.78, 5) is 11.8. The Morgan fingerprint density at radius 2 is 1.73 bits per heavy atom. The van der Waals surface area contributed by atoms with E-state index in [0.717, 1.165) is 11.1 Å². The average molecular weight is 297 g/mol. The highest BCUT2D eigenvalue weighted by atomic mass is 16.5. The molecule has 1 fully saturated rings. The number of hydrogen-bond donors (Lipinski definition) is 1. The van der Waals surface area contributed by atoms with E-state index in [0.29, 0.717) is 19.6 Å². The SMILES string of the molecule is O=C1C[C@@H](COCc2ccccc2)O[C@@H](c2ccccc2)N1. The van der Waals surface area contributed by atoms with E-state index in [1.807, 2.05) is 60.7 Å². The van der Waals surface area contributed by atoms with Gasteiger partial charge in [0.2, 0.25) is 5.91 Å². The quantitative estimate of drug-likeness (QED) is 0.923. The standard InChI is InChI=1S/C18H19NO3/c20-17-11-16(13-21-12-14-7-3-1-4-8-14)22-18(19-17)15-9-5-2-6-10-15/h1-10,16,18H,11-13H2,(H,19,20)/t16-,18-/m0/s1. The topological polar surface area (TPSA) is 47.6 Å². The van der Waals surface area contributed by atoms with Crippen LogP contribution in [0.15, 0.2) is 60.7 Å². The van der Waals surface area contributed by atoms with Gasteiger partial charge in [-0.15, -0.1) is 0 Å². The molecule has 22 heavy (non-hydrogen) atoms. The number of amides is 1. The molecule has 0 aromatic heterocycles. The Morgan fingerprint density at radius 1 is 1.05 bits per heavy atom. The van der Waals surface area contributed by atoms with E-state index in [9.17, 15) is 4.79 Å². The van der Waals surface area contributed by atoms with Gasteiger partial charge in [-0.05, 0) is 5.56 Å². The van der Waals surface area contributed by atoms with Crippen LogP contribution in [0.2, 0.25) is 0 Å². The van der Waals surface area contributed by atoms with Gasteiger partial charge in [-0.3, -0.25) is 4.79 Å². The summed E-state index contributed by atoms with van der Waals surface area (Å²) < 4.78 is 11.6. The molecule has 0 aliphatic carbocycles. The van der Waals surface area contributed by atoms with Gasteiger partial charge < -0.3 is 14.8 Å². The highest BCUT2D eigenvalue weighted by Gasteiger charge is 2.28. The minimum atomic E-state index is -0.396. The molecule has 1 saturated heterocycles. The Labute approximate surface area is 130 Å². The lowest BCUT2D eigenvalue weighted by Gasteiger charge is -2.30. The first-order chi connectivity index (χ1) is 10.8. The second-order valence-electron chi connectivity index (χ2n) is 5.32. The molecule has 0 spiro atoms. The summed E-state index contributed by atoms with van der Waals surface area (Å²) in [5.41, 5.74) is 2.06. The average Bonchev–Trinajstić information content (AvgIpc) is 2.56. The van der Waals surface area contributed by atoms with E-state index < -0.39 is 6.23 Å². The first-order valence-electron chi connectivity index (χ1n) is 7.43. The number of carbonyl (C=O) groups excluding carboxylic acids is 1. The third-order valence-corrected chi connectivity index (χ3v) is 3.55. The van der Waals surface area contributed by atoms with Crippen LogP contribution in [0, 0.1) is 0 Å². The van der Waals surface area contributed by atoms with Crippen molar-refractivity contribution in [1.29, 1.82) is 0 Å². The fourth-order valence-corrected chi connectivity index (χ4v) is 2.46. The first-order valence-corrected chi connectivity index (χ1v) is 7.43. The lowest BCUT2D eigenvalue weighted by atomic mass is 10.1. The summed E-state index contributed by atoms with van der Waals surface area (Å²) in [5, 5.41) is 2.85. The van der Waals surface area contributed by atoms with Gasteiger partial charge in [0.05, 0.1) is 25.7 Å². The highest BCUT2D eigenvalue weighted by Crippen LogP contribution is 2.22. The molecular weight excluding hydrogens is 278 g/mol. The normalized spacial score (nSPS) is 21.4. The Balaban J connectivity index is 1.54. The van der Waals surface area contributed by atoms with Crippen LogP contribution in [0.1, 0.15) is 23.8 Å². The van der Waals surface area contributed by atoms with Gasteiger partial charge in [-0.2, -0.15) is 0 Å². The van der Waals surface area contributed by atoms with Gasteiger partial charge in [-0.25, -0.2) is 0 Å². The molecule has 1 N–H and O–H groups in total. The molecule has 4 heteroatoms. The molecule has 2 aromatic rings. The Bertz CT molecular complexity index is 600. The fourth-order valence-electron chi connectivity index (χ4n) is 2.46. The highest BCUT2D eigenvalue weighted by molar-refractivity contribution is 5.77. The fraction of sp³-hybridized carbons (Fsp3) is 0.278. The molecule has 114 valence electrons. The zero-order chi connectivity index (χ0) is 15.2. The molecule has 3 rings (SSSR count). The van der Waals surface area contributed by atoms with Crippen molar-refractivity contribution >= 4 is 5.91 Å². The maximum atomic E-state index is 11.8. The monoisotopic (exact) mass is 297 g/mol. The third kappa shape index (κ3) is 3.93. The molecule has 4 nitrogen and oxygen atoms in total. The molecule has 1 heterocycles. The summed E-state index contributed by atoms with van der Waals surface area (Å²) in [6, 6.07) is 19.7. The van der Waals surface area contributed by atoms with Crippen molar-refractivity contribution in [3.05, 3.63) is 71.8 Å². The minimum Gasteiger partial charge on any atom is -0.374 e. The summed E-state index contributed by atoms with van der Waals surface area (Å²) in [6.07, 6.45) is -0.284. The number of hydrogen-bond acceptors (Lipinski definition) is 3. The van der Waals surface area contributed by atoms with Crippen LogP contribution in [-0.4, -0.2) is 18.6 Å². The van der Waals surface area contributed by atoms with Crippen LogP contribution in [0.5, 0.6) is 0 Å². The lowest BCUT2D eigenvalue weighted by molar-refractivity contribution is -0.148. The van der Waals surface area contributed by atoms with Crippen LogP contribution in [0.4, 0.5) is 0 Å². The van der Waals surface area contributed by atoms with Gasteiger partial charge >= 0.3 is 0 Å². The maximum Gasteiger partial charge on any atom is 0.224 e. The lowest BCUT2D eigenvalue weighted by Crippen LogP contribution is -2.42. The van der Waals surface area contributed by atoms with E-state index in [-0.39, 0.29) is 12.0 Å². The zero-order valence-corrected chi connectivity index (χ0v) is 12.3. The van der Waals surface area contributed by atoms with Crippen LogP contribution in [-0.2, 0) is 20.9 Å². The van der Waals surface area contributed by atoms with Crippen LogP contribution in [0.25, 0.3) is 0 Å². The van der Waals surface area contributed by atoms with Crippen LogP contribution >= 0.6 is 0 Å². The Morgan fingerprint density at radius 3 is 2.45 bits per heavy atom. The van der Waals surface area contributed by atoms with E-state index in [1.54, 1.807) is 0 Å². The predicted molar refractivity (Wildman–Crippen MR) is 82.9 cm³/mol. The Hall–Kier alpha value is -2.17. The molecule has 0 unspecified atom stereocenters. The third-order valence-electron chi connectivity index (χ3n) is 3.55. The molecule has 1 aliphatic rings. The predicted octanol–water partition coefficient (Wildman–Crippen LogP) is 2.81. The molecule has 2 atom stereocenters. The second-order valence-corrected chi connectivity index (χ2v) is 5.32. The van der Waals surface area contributed by atoms with E-state index in [2.05, 4.69) is 5.32 Å². The second kappa shape index (κ2) is 7.20. The van der Waals surface area contributed by atoms with Crippen molar-refractivity contribution in [2.24, 2.45) is 0 Å². The summed E-state index contributed by atoms with van der Waals surface area (Å²) in [5.74, 6) is -0.00610. The van der Waals surface area contributed by atoms with E-state index in [1.165, 1.54) is 0 Å². The van der Waals surface area contributed by atoms with Gasteiger partial charge in [0.15, 0.2) is 6.23 Å². The maximum absolute atomic E-state index is 11.8. The molecule has 1 amide bonds. The van der Waals surface area contributed by atoms with Crippen molar-refractivity contribution in [3.63, 3.8) is 0 Å². The molecule has 0 saturated carbocycles.